The Labute approximate surface area is 116 Å². The van der Waals surface area contributed by atoms with Crippen LogP contribution in [0.3, 0.4) is 0 Å². The Morgan fingerprint density at radius 1 is 1.20 bits per heavy atom. The molecule has 1 aliphatic rings. The lowest BCUT2D eigenvalue weighted by Gasteiger charge is -2.07. The van der Waals surface area contributed by atoms with Crippen molar-refractivity contribution < 1.29 is 0 Å². The highest BCUT2D eigenvalue weighted by molar-refractivity contribution is 5.90. The molecule has 3 aromatic rings. The minimum absolute atomic E-state index is 0.644. The summed E-state index contributed by atoms with van der Waals surface area (Å²) < 4.78 is 0. The van der Waals surface area contributed by atoms with Crippen LogP contribution >= 0.6 is 0 Å². The van der Waals surface area contributed by atoms with E-state index in [1.54, 1.807) is 0 Å². The molecular formula is C15H15N5. The zero-order chi connectivity index (χ0) is 13.5. The summed E-state index contributed by atoms with van der Waals surface area (Å²) in [5.74, 6) is 3.10. The number of aromatic amines is 1. The Morgan fingerprint density at radius 3 is 2.90 bits per heavy atom. The third-order valence-electron chi connectivity index (χ3n) is 3.56. The maximum absolute atomic E-state index is 4.50. The molecule has 2 N–H and O–H groups in total. The van der Waals surface area contributed by atoms with E-state index in [0.717, 1.165) is 34.1 Å². The van der Waals surface area contributed by atoms with Gasteiger partial charge in [0, 0.05) is 17.4 Å². The van der Waals surface area contributed by atoms with E-state index in [1.807, 2.05) is 31.2 Å². The highest BCUT2D eigenvalue weighted by Gasteiger charge is 2.26. The summed E-state index contributed by atoms with van der Waals surface area (Å²) in [4.78, 5) is 8.94. The molecule has 5 heteroatoms. The van der Waals surface area contributed by atoms with Crippen molar-refractivity contribution in [2.75, 3.05) is 5.32 Å². The third kappa shape index (κ3) is 2.01. The lowest BCUT2D eigenvalue weighted by molar-refractivity contribution is 0.966. The molecule has 5 nitrogen and oxygen atoms in total. The predicted molar refractivity (Wildman–Crippen MR) is 78.1 cm³/mol. The Kier molecular flexibility index (Phi) is 2.45. The van der Waals surface area contributed by atoms with Gasteiger partial charge in [-0.05, 0) is 31.9 Å². The molecule has 1 fully saturated rings. The Hall–Kier alpha value is -2.43. The smallest absolute Gasteiger partial charge is 0.143 e. The van der Waals surface area contributed by atoms with E-state index >= 15 is 0 Å². The van der Waals surface area contributed by atoms with Crippen molar-refractivity contribution in [2.24, 2.45) is 0 Å². The molecule has 0 spiro atoms. The number of H-pyrrole nitrogens is 1. The highest BCUT2D eigenvalue weighted by Crippen LogP contribution is 2.39. The quantitative estimate of drug-likeness (QED) is 0.762. The zero-order valence-electron chi connectivity index (χ0n) is 11.2. The minimum atomic E-state index is 0.644. The number of nitrogens with one attached hydrogen (secondary N) is 2. The van der Waals surface area contributed by atoms with Gasteiger partial charge in [-0.1, -0.05) is 12.1 Å². The van der Waals surface area contributed by atoms with Crippen LogP contribution in [0.1, 0.15) is 30.3 Å². The molecule has 0 atom stereocenters. The standard InChI is InChI=1S/C15H15N5/c1-9-16-12-5-3-2-4-11(12)15(17-9)18-14-8-13(19-20-14)10-6-7-10/h2-5,8,10H,6-7H2,1H3,(H2,16,17,18,19,20). The second-order valence-corrected chi connectivity index (χ2v) is 5.24. The van der Waals surface area contributed by atoms with Crippen LogP contribution in [-0.4, -0.2) is 20.2 Å². The van der Waals surface area contributed by atoms with Crippen LogP contribution in [0.15, 0.2) is 30.3 Å². The van der Waals surface area contributed by atoms with Crippen molar-refractivity contribution >= 4 is 22.5 Å². The first kappa shape index (κ1) is 11.4. The maximum atomic E-state index is 4.50. The van der Waals surface area contributed by atoms with Crippen molar-refractivity contribution in [1.82, 2.24) is 20.2 Å². The van der Waals surface area contributed by atoms with E-state index in [0.29, 0.717) is 5.92 Å². The van der Waals surface area contributed by atoms with Gasteiger partial charge in [0.2, 0.25) is 0 Å². The third-order valence-corrected chi connectivity index (χ3v) is 3.56. The lowest BCUT2D eigenvalue weighted by Crippen LogP contribution is -1.99. The number of rotatable bonds is 3. The minimum Gasteiger partial charge on any atom is -0.325 e. The molecule has 0 aliphatic heterocycles. The van der Waals surface area contributed by atoms with Crippen LogP contribution in [-0.2, 0) is 0 Å². The van der Waals surface area contributed by atoms with Crippen LogP contribution < -0.4 is 5.32 Å². The topological polar surface area (TPSA) is 66.5 Å². The molecule has 0 bridgehead atoms. The van der Waals surface area contributed by atoms with Crippen molar-refractivity contribution in [3.63, 3.8) is 0 Å². The normalized spacial score (nSPS) is 14.7. The van der Waals surface area contributed by atoms with Crippen LogP contribution in [0.4, 0.5) is 11.6 Å². The second-order valence-electron chi connectivity index (χ2n) is 5.24. The Bertz CT molecular complexity index is 773. The van der Waals surface area contributed by atoms with Crippen LogP contribution in [0, 0.1) is 6.92 Å². The summed E-state index contributed by atoms with van der Waals surface area (Å²) in [5.41, 5.74) is 2.09. The van der Waals surface area contributed by atoms with E-state index in [1.165, 1.54) is 12.8 Å². The first-order chi connectivity index (χ1) is 9.79. The fourth-order valence-electron chi connectivity index (χ4n) is 2.41. The summed E-state index contributed by atoms with van der Waals surface area (Å²) >= 11 is 0. The number of anilines is 2. The van der Waals surface area contributed by atoms with Crippen LogP contribution in [0.25, 0.3) is 10.9 Å². The first-order valence-corrected chi connectivity index (χ1v) is 6.85. The molecule has 2 aromatic heterocycles. The lowest BCUT2D eigenvalue weighted by atomic mass is 10.2. The molecule has 2 heterocycles. The summed E-state index contributed by atoms with van der Waals surface area (Å²) in [6.45, 7) is 1.90. The monoisotopic (exact) mass is 265 g/mol. The van der Waals surface area contributed by atoms with E-state index in [4.69, 9.17) is 0 Å². The largest absolute Gasteiger partial charge is 0.325 e. The number of nitrogens with zero attached hydrogens (tertiary/aromatic N) is 3. The summed E-state index contributed by atoms with van der Waals surface area (Å²) in [7, 11) is 0. The van der Waals surface area contributed by atoms with Gasteiger partial charge in [0.25, 0.3) is 0 Å². The Balaban J connectivity index is 1.73. The molecule has 4 rings (SSSR count). The first-order valence-electron chi connectivity index (χ1n) is 6.85. The fraction of sp³-hybridized carbons (Fsp3) is 0.267. The zero-order valence-corrected chi connectivity index (χ0v) is 11.2. The fourth-order valence-corrected chi connectivity index (χ4v) is 2.41. The molecule has 0 amide bonds. The van der Waals surface area contributed by atoms with Gasteiger partial charge in [-0.25, -0.2) is 9.97 Å². The number of hydrogen-bond donors (Lipinski definition) is 2. The summed E-state index contributed by atoms with van der Waals surface area (Å²) in [6.07, 6.45) is 2.50. The highest BCUT2D eigenvalue weighted by atomic mass is 15.2. The van der Waals surface area contributed by atoms with E-state index in [9.17, 15) is 0 Å². The number of aryl methyl sites for hydroxylation is 1. The van der Waals surface area contributed by atoms with Crippen LogP contribution in [0.2, 0.25) is 0 Å². The van der Waals surface area contributed by atoms with Gasteiger partial charge in [0.1, 0.15) is 17.5 Å². The Morgan fingerprint density at radius 2 is 2.05 bits per heavy atom. The summed E-state index contributed by atoms with van der Waals surface area (Å²) in [6, 6.07) is 10.1. The van der Waals surface area contributed by atoms with Gasteiger partial charge in [-0.2, -0.15) is 5.10 Å². The molecule has 100 valence electrons. The van der Waals surface area contributed by atoms with Gasteiger partial charge in [-0.3, -0.25) is 5.10 Å². The van der Waals surface area contributed by atoms with Crippen LogP contribution in [0.5, 0.6) is 0 Å². The predicted octanol–water partition coefficient (Wildman–Crippen LogP) is 3.28. The molecule has 1 aliphatic carbocycles. The average molecular weight is 265 g/mol. The van der Waals surface area contributed by atoms with Gasteiger partial charge < -0.3 is 5.32 Å². The van der Waals surface area contributed by atoms with Gasteiger partial charge in [-0.15, -0.1) is 0 Å². The molecule has 1 saturated carbocycles. The summed E-state index contributed by atoms with van der Waals surface area (Å²) in [5, 5.41) is 11.7. The molecule has 0 radical (unpaired) electrons. The molecule has 0 unspecified atom stereocenters. The van der Waals surface area contributed by atoms with Crippen molar-refractivity contribution in [3.8, 4) is 0 Å². The molecule has 20 heavy (non-hydrogen) atoms. The number of hydrogen-bond acceptors (Lipinski definition) is 4. The molecule has 1 aromatic carbocycles. The van der Waals surface area contributed by atoms with Gasteiger partial charge >= 0.3 is 0 Å². The number of aromatic nitrogens is 4. The van der Waals surface area contributed by atoms with Gasteiger partial charge in [0.15, 0.2) is 0 Å². The van der Waals surface area contributed by atoms with E-state index in [2.05, 4.69) is 31.5 Å². The molecular weight excluding hydrogens is 250 g/mol. The number of benzene rings is 1. The number of para-hydroxylation sites is 1. The number of fused-ring (bicyclic) bond motifs is 1. The van der Waals surface area contributed by atoms with E-state index in [-0.39, 0.29) is 0 Å². The van der Waals surface area contributed by atoms with E-state index < -0.39 is 0 Å². The van der Waals surface area contributed by atoms with Crippen molar-refractivity contribution in [2.45, 2.75) is 25.7 Å². The van der Waals surface area contributed by atoms with Crippen molar-refractivity contribution in [3.05, 3.63) is 41.9 Å². The SMILES string of the molecule is Cc1nc(Nc2cc(C3CC3)n[nH]2)c2ccccc2n1. The van der Waals surface area contributed by atoms with Gasteiger partial charge in [0.05, 0.1) is 11.2 Å². The second kappa shape index (κ2) is 4.30. The maximum Gasteiger partial charge on any atom is 0.143 e. The molecule has 0 saturated heterocycles. The average Bonchev–Trinajstić information content (AvgIpc) is 3.19. The van der Waals surface area contributed by atoms with Crippen molar-refractivity contribution in [1.29, 1.82) is 0 Å².